The van der Waals surface area contributed by atoms with Gasteiger partial charge in [0.2, 0.25) is 0 Å². The number of aliphatic imine (C=N–C) groups is 1. The molecule has 1 aromatic carbocycles. The SMILES string of the molecule is CCNC(=NCCC(C)c1ccc(OC)cc1)NCCN(C)CC. The molecule has 0 heterocycles. The van der Waals surface area contributed by atoms with E-state index in [9.17, 15) is 0 Å². The summed E-state index contributed by atoms with van der Waals surface area (Å²) < 4.78 is 5.21. The van der Waals surface area contributed by atoms with Gasteiger partial charge in [-0.05, 0) is 50.6 Å². The number of hydrogen-bond acceptors (Lipinski definition) is 3. The summed E-state index contributed by atoms with van der Waals surface area (Å²) in [7, 11) is 3.82. The zero-order chi connectivity index (χ0) is 17.8. The van der Waals surface area contributed by atoms with Gasteiger partial charge < -0.3 is 20.3 Å². The van der Waals surface area contributed by atoms with Crippen LogP contribution < -0.4 is 15.4 Å². The molecule has 0 aromatic heterocycles. The molecule has 1 atom stereocenters. The van der Waals surface area contributed by atoms with Crippen LogP contribution in [-0.4, -0.2) is 57.7 Å². The smallest absolute Gasteiger partial charge is 0.191 e. The van der Waals surface area contributed by atoms with Crippen LogP contribution in [0.25, 0.3) is 0 Å². The van der Waals surface area contributed by atoms with E-state index >= 15 is 0 Å². The topological polar surface area (TPSA) is 48.9 Å². The number of nitrogens with zero attached hydrogens (tertiary/aromatic N) is 2. The third-order valence-corrected chi connectivity index (χ3v) is 4.19. The standard InChI is InChI=1S/C19H34N4O/c1-6-20-19(22-14-15-23(4)7-2)21-13-12-16(3)17-8-10-18(24-5)11-9-17/h8-11,16H,6-7,12-15H2,1-5H3,(H2,20,21,22). The Hall–Kier alpha value is -1.75. The summed E-state index contributed by atoms with van der Waals surface area (Å²) in [4.78, 5) is 6.97. The van der Waals surface area contributed by atoms with Gasteiger partial charge in [0.05, 0.1) is 7.11 Å². The van der Waals surface area contributed by atoms with Crippen LogP contribution in [0, 0.1) is 0 Å². The number of methoxy groups -OCH3 is 1. The first-order valence-corrected chi connectivity index (χ1v) is 8.95. The highest BCUT2D eigenvalue weighted by Gasteiger charge is 2.06. The molecule has 0 aliphatic carbocycles. The van der Waals surface area contributed by atoms with Crippen LogP contribution in [0.2, 0.25) is 0 Å². The van der Waals surface area contributed by atoms with Gasteiger partial charge in [0.1, 0.15) is 5.75 Å². The summed E-state index contributed by atoms with van der Waals surface area (Å²) in [5.41, 5.74) is 1.33. The van der Waals surface area contributed by atoms with Crippen LogP contribution in [0.5, 0.6) is 5.75 Å². The van der Waals surface area contributed by atoms with Crippen molar-refractivity contribution in [2.75, 3.05) is 46.9 Å². The van der Waals surface area contributed by atoms with E-state index in [2.05, 4.69) is 60.5 Å². The summed E-state index contributed by atoms with van der Waals surface area (Å²) in [5.74, 6) is 2.29. The Kier molecular flexibility index (Phi) is 9.92. The highest BCUT2D eigenvalue weighted by molar-refractivity contribution is 5.79. The Morgan fingerprint density at radius 2 is 1.92 bits per heavy atom. The first-order valence-electron chi connectivity index (χ1n) is 8.95. The normalized spacial score (nSPS) is 13.0. The molecule has 5 heteroatoms. The van der Waals surface area contributed by atoms with Gasteiger partial charge in [-0.25, -0.2) is 0 Å². The minimum absolute atomic E-state index is 0.480. The molecule has 5 nitrogen and oxygen atoms in total. The predicted molar refractivity (Wildman–Crippen MR) is 103 cm³/mol. The molecule has 0 saturated heterocycles. The number of rotatable bonds is 10. The van der Waals surface area contributed by atoms with Crippen molar-refractivity contribution < 1.29 is 4.74 Å². The fraction of sp³-hybridized carbons (Fsp3) is 0.632. The molecule has 0 radical (unpaired) electrons. The van der Waals surface area contributed by atoms with Gasteiger partial charge >= 0.3 is 0 Å². The Morgan fingerprint density at radius 3 is 2.50 bits per heavy atom. The maximum atomic E-state index is 5.21. The van der Waals surface area contributed by atoms with E-state index in [0.29, 0.717) is 5.92 Å². The first-order chi connectivity index (χ1) is 11.6. The van der Waals surface area contributed by atoms with Crippen LogP contribution in [0.1, 0.15) is 38.7 Å². The van der Waals surface area contributed by atoms with E-state index in [1.54, 1.807) is 7.11 Å². The predicted octanol–water partition coefficient (Wildman–Crippen LogP) is 2.70. The van der Waals surface area contributed by atoms with Gasteiger partial charge in [-0.2, -0.15) is 0 Å². The highest BCUT2D eigenvalue weighted by atomic mass is 16.5. The number of ether oxygens (including phenoxy) is 1. The van der Waals surface area contributed by atoms with Gasteiger partial charge in [0.25, 0.3) is 0 Å². The molecule has 0 saturated carbocycles. The van der Waals surface area contributed by atoms with E-state index in [-0.39, 0.29) is 0 Å². The second kappa shape index (κ2) is 11.7. The van der Waals surface area contributed by atoms with E-state index < -0.39 is 0 Å². The third kappa shape index (κ3) is 7.68. The molecule has 0 aliphatic rings. The van der Waals surface area contributed by atoms with Crippen molar-refractivity contribution in [3.8, 4) is 5.75 Å². The van der Waals surface area contributed by atoms with Crippen LogP contribution in [-0.2, 0) is 0 Å². The third-order valence-electron chi connectivity index (χ3n) is 4.19. The lowest BCUT2D eigenvalue weighted by atomic mass is 9.98. The molecule has 0 spiro atoms. The lowest BCUT2D eigenvalue weighted by molar-refractivity contribution is 0.357. The Bertz CT molecular complexity index is 473. The molecule has 2 N–H and O–H groups in total. The summed E-state index contributed by atoms with van der Waals surface area (Å²) in [6, 6.07) is 8.31. The van der Waals surface area contributed by atoms with Gasteiger partial charge in [0, 0.05) is 26.2 Å². The van der Waals surface area contributed by atoms with Crippen molar-refractivity contribution in [2.45, 2.75) is 33.1 Å². The maximum Gasteiger partial charge on any atom is 0.191 e. The molecule has 1 rings (SSSR count). The fourth-order valence-corrected chi connectivity index (χ4v) is 2.33. The number of hydrogen-bond donors (Lipinski definition) is 2. The van der Waals surface area contributed by atoms with Crippen molar-refractivity contribution in [1.82, 2.24) is 15.5 Å². The number of likely N-dealkylation sites (N-methyl/N-ethyl adjacent to an activating group) is 1. The quantitative estimate of drug-likeness (QED) is 0.510. The van der Waals surface area contributed by atoms with Crippen molar-refractivity contribution in [2.24, 2.45) is 4.99 Å². The average Bonchev–Trinajstić information content (AvgIpc) is 2.61. The van der Waals surface area contributed by atoms with E-state index in [4.69, 9.17) is 4.74 Å². The fourth-order valence-electron chi connectivity index (χ4n) is 2.33. The summed E-state index contributed by atoms with van der Waals surface area (Å²) in [6.45, 7) is 11.2. The summed E-state index contributed by atoms with van der Waals surface area (Å²) in [5, 5.41) is 6.70. The van der Waals surface area contributed by atoms with Crippen molar-refractivity contribution in [3.63, 3.8) is 0 Å². The minimum atomic E-state index is 0.480. The molecule has 136 valence electrons. The van der Waals surface area contributed by atoms with Crippen molar-refractivity contribution in [3.05, 3.63) is 29.8 Å². The first kappa shape index (κ1) is 20.3. The number of nitrogens with one attached hydrogen (secondary N) is 2. The zero-order valence-corrected chi connectivity index (χ0v) is 15.9. The van der Waals surface area contributed by atoms with Gasteiger partial charge in [-0.3, -0.25) is 4.99 Å². The zero-order valence-electron chi connectivity index (χ0n) is 15.9. The largest absolute Gasteiger partial charge is 0.497 e. The molecular formula is C19H34N4O. The lowest BCUT2D eigenvalue weighted by Crippen LogP contribution is -2.41. The lowest BCUT2D eigenvalue weighted by Gasteiger charge is -2.16. The molecule has 1 unspecified atom stereocenters. The highest BCUT2D eigenvalue weighted by Crippen LogP contribution is 2.21. The van der Waals surface area contributed by atoms with Crippen LogP contribution in [0.3, 0.4) is 0 Å². The Morgan fingerprint density at radius 1 is 1.21 bits per heavy atom. The van der Waals surface area contributed by atoms with Gasteiger partial charge in [-0.1, -0.05) is 26.0 Å². The van der Waals surface area contributed by atoms with E-state index in [0.717, 1.165) is 50.9 Å². The average molecular weight is 335 g/mol. The molecule has 24 heavy (non-hydrogen) atoms. The molecule has 0 aliphatic heterocycles. The maximum absolute atomic E-state index is 5.21. The van der Waals surface area contributed by atoms with Crippen LogP contribution in [0.15, 0.2) is 29.3 Å². The molecule has 0 amide bonds. The molecular weight excluding hydrogens is 300 g/mol. The minimum Gasteiger partial charge on any atom is -0.497 e. The Balaban J connectivity index is 2.44. The second-order valence-corrected chi connectivity index (χ2v) is 6.05. The number of benzene rings is 1. The van der Waals surface area contributed by atoms with Crippen molar-refractivity contribution in [1.29, 1.82) is 0 Å². The van der Waals surface area contributed by atoms with Gasteiger partial charge in [0.15, 0.2) is 5.96 Å². The van der Waals surface area contributed by atoms with Crippen LogP contribution in [0.4, 0.5) is 0 Å². The molecule has 1 aromatic rings. The molecule has 0 bridgehead atoms. The number of guanidine groups is 1. The summed E-state index contributed by atoms with van der Waals surface area (Å²) >= 11 is 0. The van der Waals surface area contributed by atoms with Crippen LogP contribution >= 0.6 is 0 Å². The van der Waals surface area contributed by atoms with Crippen molar-refractivity contribution >= 4 is 5.96 Å². The Labute approximate surface area is 147 Å². The summed E-state index contributed by atoms with van der Waals surface area (Å²) in [6.07, 6.45) is 1.03. The second-order valence-electron chi connectivity index (χ2n) is 6.05. The molecule has 0 fully saturated rings. The van der Waals surface area contributed by atoms with E-state index in [1.165, 1.54) is 5.56 Å². The van der Waals surface area contributed by atoms with Gasteiger partial charge in [-0.15, -0.1) is 0 Å². The van der Waals surface area contributed by atoms with E-state index in [1.807, 2.05) is 12.1 Å². The monoisotopic (exact) mass is 334 g/mol.